The molecule has 0 saturated heterocycles. The number of pyridine rings is 1. The van der Waals surface area contributed by atoms with E-state index in [1.807, 2.05) is 0 Å². The Balaban J connectivity index is 2.08. The number of aromatic nitrogens is 1. The number of ether oxygens (including phenoxy) is 2. The quantitative estimate of drug-likeness (QED) is 0.132. The Bertz CT molecular complexity index is 852. The normalized spacial score (nSPS) is 13.9. The molecule has 0 saturated carbocycles. The summed E-state index contributed by atoms with van der Waals surface area (Å²) in [6, 6.07) is 3.30. The maximum atomic E-state index is 12.1. The minimum atomic E-state index is -0.544. The summed E-state index contributed by atoms with van der Waals surface area (Å²) in [5.74, 6) is -0.763. The van der Waals surface area contributed by atoms with Crippen LogP contribution in [-0.2, 0) is 14.3 Å². The number of unbranched alkanes of at least 4 members (excludes halogenated alkanes) is 1. The number of rotatable bonds is 17. The van der Waals surface area contributed by atoms with Crippen LogP contribution in [0.2, 0.25) is 0 Å². The zero-order chi connectivity index (χ0) is 25.6. The fourth-order valence-corrected chi connectivity index (χ4v) is 2.91. The Morgan fingerprint density at radius 2 is 1.37 bits per heavy atom. The number of allylic oxidation sites excluding steroid dienone is 10. The molecule has 190 valence electrons. The Hall–Kier alpha value is -3.21. The second kappa shape index (κ2) is 20.2. The van der Waals surface area contributed by atoms with Crippen molar-refractivity contribution in [2.45, 2.75) is 84.3 Å². The highest BCUT2D eigenvalue weighted by molar-refractivity contribution is 5.89. The van der Waals surface area contributed by atoms with Gasteiger partial charge in [0, 0.05) is 18.8 Å². The summed E-state index contributed by atoms with van der Waals surface area (Å²) in [4.78, 5) is 28.0. The first kappa shape index (κ1) is 29.8. The lowest BCUT2D eigenvalue weighted by molar-refractivity contribution is -0.153. The molecule has 1 heterocycles. The topological polar surface area (TPSA) is 65.5 Å². The van der Waals surface area contributed by atoms with Crippen LogP contribution in [0.5, 0.6) is 0 Å². The molecule has 0 aromatic carbocycles. The first-order chi connectivity index (χ1) is 17.0. The molecule has 0 bridgehead atoms. The number of carbonyl (C=O) groups is 2. The summed E-state index contributed by atoms with van der Waals surface area (Å²) in [7, 11) is 0. The molecular weight excluding hydrogens is 438 g/mol. The van der Waals surface area contributed by atoms with Gasteiger partial charge in [-0.15, -0.1) is 0 Å². The highest BCUT2D eigenvalue weighted by Gasteiger charge is 2.21. The van der Waals surface area contributed by atoms with Crippen molar-refractivity contribution in [2.24, 2.45) is 0 Å². The van der Waals surface area contributed by atoms with E-state index in [1.54, 1.807) is 32.2 Å². The van der Waals surface area contributed by atoms with Crippen LogP contribution in [0.3, 0.4) is 0 Å². The summed E-state index contributed by atoms with van der Waals surface area (Å²) in [5, 5.41) is 0. The Morgan fingerprint density at radius 3 is 1.91 bits per heavy atom. The van der Waals surface area contributed by atoms with E-state index < -0.39 is 18.2 Å². The fraction of sp³-hybridized carbons (Fsp3) is 0.433. The smallest absolute Gasteiger partial charge is 0.340 e. The van der Waals surface area contributed by atoms with Gasteiger partial charge in [-0.3, -0.25) is 9.78 Å². The molecule has 2 unspecified atom stereocenters. The predicted molar refractivity (Wildman–Crippen MR) is 143 cm³/mol. The molecule has 2 atom stereocenters. The zero-order valence-corrected chi connectivity index (χ0v) is 21.5. The molecule has 0 aliphatic heterocycles. The van der Waals surface area contributed by atoms with E-state index in [0.29, 0.717) is 12.0 Å². The molecule has 1 aromatic heterocycles. The second-order valence-corrected chi connectivity index (χ2v) is 8.15. The van der Waals surface area contributed by atoms with E-state index in [4.69, 9.17) is 9.47 Å². The van der Waals surface area contributed by atoms with E-state index in [0.717, 1.165) is 44.9 Å². The molecular formula is C30H41NO4. The van der Waals surface area contributed by atoms with Crippen molar-refractivity contribution in [3.63, 3.8) is 0 Å². The van der Waals surface area contributed by atoms with Crippen LogP contribution in [0.1, 0.15) is 82.5 Å². The monoisotopic (exact) mass is 479 g/mol. The summed E-state index contributed by atoms with van der Waals surface area (Å²) in [5.41, 5.74) is 0.370. The molecule has 0 spiro atoms. The third-order valence-corrected chi connectivity index (χ3v) is 5.08. The molecule has 0 N–H and O–H groups in total. The molecule has 5 heteroatoms. The molecule has 0 aliphatic rings. The summed E-state index contributed by atoms with van der Waals surface area (Å²) < 4.78 is 10.8. The number of hydrogen-bond donors (Lipinski definition) is 0. The minimum absolute atomic E-state index is 0.283. The molecule has 0 fully saturated rings. The van der Waals surface area contributed by atoms with Crippen LogP contribution >= 0.6 is 0 Å². The number of hydrogen-bond acceptors (Lipinski definition) is 5. The average molecular weight is 480 g/mol. The van der Waals surface area contributed by atoms with Gasteiger partial charge in [-0.2, -0.15) is 0 Å². The fourth-order valence-electron chi connectivity index (χ4n) is 2.91. The standard InChI is InChI=1S/C30H41NO4/c1-4-5-6-7-8-9-10-11-12-13-14-15-16-17-18-19-20-23-29(32)34-26(2)27(3)35-30(33)28-22-21-24-31-25-28/h5-6,8-9,11-12,14-15,17-18,21-22,24-27H,4,7,10,13,16,19-20,23H2,1-3H3/b6-5-,9-8-,12-11-,15-14-,18-17-. The van der Waals surface area contributed by atoms with Crippen LogP contribution < -0.4 is 0 Å². The van der Waals surface area contributed by atoms with E-state index >= 15 is 0 Å². The van der Waals surface area contributed by atoms with E-state index in [9.17, 15) is 9.59 Å². The maximum absolute atomic E-state index is 12.1. The van der Waals surface area contributed by atoms with Crippen LogP contribution in [0.4, 0.5) is 0 Å². The largest absolute Gasteiger partial charge is 0.459 e. The van der Waals surface area contributed by atoms with Gasteiger partial charge < -0.3 is 9.47 Å². The van der Waals surface area contributed by atoms with Gasteiger partial charge in [-0.25, -0.2) is 4.79 Å². The van der Waals surface area contributed by atoms with Crippen molar-refractivity contribution >= 4 is 11.9 Å². The number of nitrogens with zero attached hydrogens (tertiary/aromatic N) is 1. The van der Waals surface area contributed by atoms with Crippen molar-refractivity contribution in [1.29, 1.82) is 0 Å². The average Bonchev–Trinajstić information content (AvgIpc) is 2.86. The lowest BCUT2D eigenvalue weighted by Crippen LogP contribution is -2.30. The highest BCUT2D eigenvalue weighted by atomic mass is 16.6. The first-order valence-electron chi connectivity index (χ1n) is 12.6. The van der Waals surface area contributed by atoms with Crippen LogP contribution in [0.15, 0.2) is 85.3 Å². The van der Waals surface area contributed by atoms with Crippen molar-refractivity contribution in [1.82, 2.24) is 4.98 Å². The van der Waals surface area contributed by atoms with Gasteiger partial charge in [-0.05, 0) is 70.9 Å². The first-order valence-corrected chi connectivity index (χ1v) is 12.6. The molecule has 35 heavy (non-hydrogen) atoms. The summed E-state index contributed by atoms with van der Waals surface area (Å²) in [6.45, 7) is 5.58. The Kier molecular flexibility index (Phi) is 17.2. The van der Waals surface area contributed by atoms with E-state index in [1.165, 1.54) is 6.20 Å². The lowest BCUT2D eigenvalue weighted by atomic mass is 10.2. The van der Waals surface area contributed by atoms with Crippen LogP contribution in [0.25, 0.3) is 0 Å². The maximum Gasteiger partial charge on any atom is 0.340 e. The molecule has 0 aliphatic carbocycles. The van der Waals surface area contributed by atoms with Gasteiger partial charge in [0.05, 0.1) is 5.56 Å². The van der Waals surface area contributed by atoms with Crippen molar-refractivity contribution in [3.05, 3.63) is 90.9 Å². The molecule has 0 radical (unpaired) electrons. The molecule has 5 nitrogen and oxygen atoms in total. The Morgan fingerprint density at radius 1 is 0.829 bits per heavy atom. The van der Waals surface area contributed by atoms with Crippen molar-refractivity contribution in [3.8, 4) is 0 Å². The minimum Gasteiger partial charge on any atom is -0.459 e. The summed E-state index contributed by atoms with van der Waals surface area (Å²) >= 11 is 0. The van der Waals surface area contributed by atoms with Crippen molar-refractivity contribution < 1.29 is 19.1 Å². The molecule has 1 aromatic rings. The number of esters is 2. The zero-order valence-electron chi connectivity index (χ0n) is 21.5. The predicted octanol–water partition coefficient (Wildman–Crippen LogP) is 7.48. The van der Waals surface area contributed by atoms with Gasteiger partial charge >= 0.3 is 11.9 Å². The van der Waals surface area contributed by atoms with Gasteiger partial charge in [-0.1, -0.05) is 67.7 Å². The van der Waals surface area contributed by atoms with Crippen LogP contribution in [0, 0.1) is 0 Å². The second-order valence-electron chi connectivity index (χ2n) is 8.15. The third kappa shape index (κ3) is 16.1. The van der Waals surface area contributed by atoms with E-state index in [2.05, 4.69) is 72.7 Å². The van der Waals surface area contributed by atoms with Crippen molar-refractivity contribution in [2.75, 3.05) is 0 Å². The van der Waals surface area contributed by atoms with Gasteiger partial charge in [0.1, 0.15) is 12.2 Å². The van der Waals surface area contributed by atoms with Gasteiger partial charge in [0.2, 0.25) is 0 Å². The van der Waals surface area contributed by atoms with Gasteiger partial charge in [0.25, 0.3) is 0 Å². The highest BCUT2D eigenvalue weighted by Crippen LogP contribution is 2.10. The van der Waals surface area contributed by atoms with Crippen LogP contribution in [-0.4, -0.2) is 29.1 Å². The molecule has 1 rings (SSSR count). The lowest BCUT2D eigenvalue weighted by Gasteiger charge is -2.20. The van der Waals surface area contributed by atoms with E-state index in [-0.39, 0.29) is 5.97 Å². The van der Waals surface area contributed by atoms with Gasteiger partial charge in [0.15, 0.2) is 0 Å². The number of carbonyl (C=O) groups excluding carboxylic acids is 2. The SMILES string of the molecule is CC/C=C\C/C=C\C/C=C\C/C=C\C/C=C\CCCC(=O)OC(C)C(C)OC(=O)c1cccnc1. The third-order valence-electron chi connectivity index (χ3n) is 5.08. The Labute approximate surface area is 211 Å². The molecule has 0 amide bonds. The summed E-state index contributed by atoms with van der Waals surface area (Å²) in [6.07, 6.45) is 30.4.